The number of aromatic nitrogens is 2. The van der Waals surface area contributed by atoms with Crippen molar-refractivity contribution in [2.75, 3.05) is 11.8 Å². The van der Waals surface area contributed by atoms with Gasteiger partial charge in [0.1, 0.15) is 6.26 Å². The van der Waals surface area contributed by atoms with Crippen molar-refractivity contribution in [2.45, 2.75) is 31.3 Å². The van der Waals surface area contributed by atoms with E-state index in [1.807, 2.05) is 0 Å². The lowest BCUT2D eigenvalue weighted by Gasteiger charge is -2.52. The smallest absolute Gasteiger partial charge is 0.416 e. The third-order valence-corrected chi connectivity index (χ3v) is 6.32. The number of carbonyl (C=O) groups is 1. The Balaban J connectivity index is 1.48. The molecule has 1 fully saturated rings. The molecule has 1 saturated carbocycles. The molecule has 3 aromatic rings. The molecule has 172 valence electrons. The summed E-state index contributed by atoms with van der Waals surface area (Å²) in [5, 5.41) is 0. The van der Waals surface area contributed by atoms with Gasteiger partial charge < -0.3 is 13.9 Å². The molecule has 1 amide bonds. The highest BCUT2D eigenvalue weighted by molar-refractivity contribution is 7.98. The van der Waals surface area contributed by atoms with Crippen molar-refractivity contribution in [1.82, 2.24) is 19.6 Å². The van der Waals surface area contributed by atoms with Gasteiger partial charge in [0.05, 0.1) is 18.3 Å². The van der Waals surface area contributed by atoms with E-state index in [0.29, 0.717) is 18.4 Å². The molecule has 0 atom stereocenters. The van der Waals surface area contributed by atoms with Crippen LogP contribution in [0.2, 0.25) is 0 Å². The van der Waals surface area contributed by atoms with Gasteiger partial charge >= 0.3 is 12.2 Å². The van der Waals surface area contributed by atoms with Gasteiger partial charge in [0.25, 0.3) is 0 Å². The number of fused-ring (bicyclic) bond motifs is 2. The van der Waals surface area contributed by atoms with Gasteiger partial charge in [-0.15, -0.1) is 0 Å². The molecule has 1 spiro atoms. The Bertz CT molecular complexity index is 1190. The third kappa shape index (κ3) is 3.64. The molecule has 1 aliphatic carbocycles. The molecule has 33 heavy (non-hydrogen) atoms. The van der Waals surface area contributed by atoms with Crippen molar-refractivity contribution >= 4 is 24.0 Å². The minimum Gasteiger partial charge on any atom is -0.417 e. The second kappa shape index (κ2) is 8.52. The summed E-state index contributed by atoms with van der Waals surface area (Å²) >= 11 is 1.07. The van der Waals surface area contributed by atoms with Crippen LogP contribution < -0.4 is 18.9 Å². The monoisotopic (exact) mass is 475 g/mol. The fourth-order valence-corrected chi connectivity index (χ4v) is 4.45. The van der Waals surface area contributed by atoms with Crippen LogP contribution in [0.5, 0.6) is 17.6 Å². The number of benzene rings is 1. The van der Waals surface area contributed by atoms with Crippen LogP contribution in [0.1, 0.15) is 30.4 Å². The number of halogens is 2. The summed E-state index contributed by atoms with van der Waals surface area (Å²) in [5.41, 5.74) is -0.0138. The number of ether oxygens (including phenoxy) is 2. The van der Waals surface area contributed by atoms with Crippen molar-refractivity contribution in [3.05, 3.63) is 59.6 Å². The van der Waals surface area contributed by atoms with Crippen LogP contribution in [-0.4, -0.2) is 28.0 Å². The standard InChI is InChI=1S/C21H19F2N5O4S/c1-24-33-27-18-15(22)12(5-8-25-18)11-28-20(29)32-17-13(21(28)6-2-7-21)3-4-14(16(17)23)31-19-26-9-10-30-19/h3-5,8-10,24H,2,6-7,11H2,1H3,(H,25,27). The molecule has 2 aromatic heterocycles. The maximum absolute atomic E-state index is 15.2. The summed E-state index contributed by atoms with van der Waals surface area (Å²) in [6.07, 6.45) is 5.26. The summed E-state index contributed by atoms with van der Waals surface area (Å²) in [7, 11) is 1.68. The van der Waals surface area contributed by atoms with Gasteiger partial charge in [-0.1, -0.05) is 0 Å². The Morgan fingerprint density at radius 3 is 2.76 bits per heavy atom. The average Bonchev–Trinajstić information content (AvgIpc) is 3.29. The molecule has 1 aromatic carbocycles. The van der Waals surface area contributed by atoms with Gasteiger partial charge in [-0.05, 0) is 44.5 Å². The van der Waals surface area contributed by atoms with E-state index in [1.165, 1.54) is 35.7 Å². The number of nitrogens with zero attached hydrogens (tertiary/aromatic N) is 3. The molecule has 0 unspecified atom stereocenters. The van der Waals surface area contributed by atoms with Crippen LogP contribution in [-0.2, 0) is 12.1 Å². The molecular formula is C21H19F2N5O4S. The molecule has 12 heteroatoms. The van der Waals surface area contributed by atoms with Crippen LogP contribution in [0.3, 0.4) is 0 Å². The number of anilines is 1. The number of nitrogens with one attached hydrogen (secondary N) is 2. The average molecular weight is 475 g/mol. The first-order chi connectivity index (χ1) is 16.0. The summed E-state index contributed by atoms with van der Waals surface area (Å²) < 4.78 is 51.5. The largest absolute Gasteiger partial charge is 0.417 e. The highest BCUT2D eigenvalue weighted by Crippen LogP contribution is 2.54. The normalized spacial score (nSPS) is 16.2. The van der Waals surface area contributed by atoms with Crippen LogP contribution >= 0.6 is 12.1 Å². The topological polar surface area (TPSA) is 102 Å². The first-order valence-electron chi connectivity index (χ1n) is 10.2. The Hall–Kier alpha value is -3.38. The zero-order valence-electron chi connectivity index (χ0n) is 17.4. The second-order valence-electron chi connectivity index (χ2n) is 7.53. The first-order valence-corrected chi connectivity index (χ1v) is 11.0. The summed E-state index contributed by atoms with van der Waals surface area (Å²) in [6, 6.07) is 4.61. The number of pyridine rings is 1. The number of oxazole rings is 1. The summed E-state index contributed by atoms with van der Waals surface area (Å²) in [5.74, 6) is -1.72. The predicted octanol–water partition coefficient (Wildman–Crippen LogP) is 4.73. The van der Waals surface area contributed by atoms with Gasteiger partial charge in [-0.3, -0.25) is 9.62 Å². The second-order valence-corrected chi connectivity index (χ2v) is 8.35. The van der Waals surface area contributed by atoms with Gasteiger partial charge in [0.15, 0.2) is 23.1 Å². The van der Waals surface area contributed by atoms with Crippen LogP contribution in [0.4, 0.5) is 19.4 Å². The molecule has 1 aliphatic heterocycles. The number of amides is 1. The van der Waals surface area contributed by atoms with E-state index < -0.39 is 23.3 Å². The van der Waals surface area contributed by atoms with Gasteiger partial charge in [0, 0.05) is 29.5 Å². The van der Waals surface area contributed by atoms with E-state index in [4.69, 9.17) is 13.9 Å². The lowest BCUT2D eigenvalue weighted by Crippen LogP contribution is -2.57. The van der Waals surface area contributed by atoms with Gasteiger partial charge in [-0.2, -0.15) is 9.37 Å². The number of hydrogen-bond acceptors (Lipinski definition) is 9. The van der Waals surface area contributed by atoms with Crippen LogP contribution in [0.25, 0.3) is 0 Å². The lowest BCUT2D eigenvalue weighted by atomic mass is 9.69. The highest BCUT2D eigenvalue weighted by Gasteiger charge is 2.53. The van der Waals surface area contributed by atoms with E-state index in [0.717, 1.165) is 18.6 Å². The predicted molar refractivity (Wildman–Crippen MR) is 115 cm³/mol. The zero-order chi connectivity index (χ0) is 23.0. The molecular weight excluding hydrogens is 456 g/mol. The van der Waals surface area contributed by atoms with E-state index >= 15 is 8.78 Å². The minimum absolute atomic E-state index is 0.0413. The van der Waals surface area contributed by atoms with Crippen molar-refractivity contribution in [1.29, 1.82) is 0 Å². The van der Waals surface area contributed by atoms with Crippen molar-refractivity contribution < 1.29 is 27.5 Å². The fourth-order valence-electron chi connectivity index (χ4n) is 4.11. The van der Waals surface area contributed by atoms with Gasteiger partial charge in [-0.25, -0.2) is 18.9 Å². The summed E-state index contributed by atoms with van der Waals surface area (Å²) in [6.45, 7) is -0.0539. The van der Waals surface area contributed by atoms with E-state index in [-0.39, 0.29) is 35.5 Å². The van der Waals surface area contributed by atoms with Crippen molar-refractivity contribution in [2.24, 2.45) is 0 Å². The maximum Gasteiger partial charge on any atom is 0.416 e. The molecule has 3 heterocycles. The first kappa shape index (κ1) is 21.5. The highest BCUT2D eigenvalue weighted by atomic mass is 32.2. The van der Waals surface area contributed by atoms with E-state index in [9.17, 15) is 4.79 Å². The Labute approximate surface area is 191 Å². The molecule has 2 aliphatic rings. The Kier molecular flexibility index (Phi) is 5.54. The minimum atomic E-state index is -0.823. The zero-order valence-corrected chi connectivity index (χ0v) is 18.2. The molecule has 0 radical (unpaired) electrons. The molecule has 0 saturated heterocycles. The third-order valence-electron chi connectivity index (χ3n) is 5.82. The number of hydrogen-bond donors (Lipinski definition) is 2. The van der Waals surface area contributed by atoms with Gasteiger partial charge in [0.2, 0.25) is 5.82 Å². The Morgan fingerprint density at radius 2 is 2.06 bits per heavy atom. The number of carbonyl (C=O) groups excluding carboxylic acids is 1. The SMILES string of the molecule is CNSNc1nccc(CN2C(=O)Oc3c(ccc(Oc4ncco4)c3F)C23CCC3)c1F. The van der Waals surface area contributed by atoms with E-state index in [2.05, 4.69) is 19.4 Å². The lowest BCUT2D eigenvalue weighted by molar-refractivity contribution is -0.000329. The number of rotatable bonds is 7. The fraction of sp³-hybridized carbons (Fsp3) is 0.286. The van der Waals surface area contributed by atoms with Crippen LogP contribution in [0, 0.1) is 11.6 Å². The van der Waals surface area contributed by atoms with E-state index in [1.54, 1.807) is 13.1 Å². The van der Waals surface area contributed by atoms with Crippen LogP contribution in [0.15, 0.2) is 41.3 Å². The molecule has 5 rings (SSSR count). The summed E-state index contributed by atoms with van der Waals surface area (Å²) in [4.78, 5) is 22.3. The van der Waals surface area contributed by atoms with Crippen molar-refractivity contribution in [3.63, 3.8) is 0 Å². The maximum atomic E-state index is 15.2. The Morgan fingerprint density at radius 1 is 1.21 bits per heavy atom. The quantitative estimate of drug-likeness (QED) is 0.470. The molecule has 2 N–H and O–H groups in total. The van der Waals surface area contributed by atoms with Crippen molar-refractivity contribution in [3.8, 4) is 17.6 Å². The molecule has 0 bridgehead atoms. The molecule has 9 nitrogen and oxygen atoms in total.